The van der Waals surface area contributed by atoms with Gasteiger partial charge in [0, 0.05) is 31.8 Å². The van der Waals surface area contributed by atoms with Crippen molar-refractivity contribution < 1.29 is 4.79 Å². The van der Waals surface area contributed by atoms with Crippen LogP contribution in [0.3, 0.4) is 0 Å². The van der Waals surface area contributed by atoms with Crippen molar-refractivity contribution in [2.45, 2.75) is 6.92 Å². The van der Waals surface area contributed by atoms with Crippen LogP contribution in [0.25, 0.3) is 10.9 Å². The Morgan fingerprint density at radius 3 is 2.79 bits per heavy atom. The maximum absolute atomic E-state index is 12.6. The predicted molar refractivity (Wildman–Crippen MR) is 85.6 cm³/mol. The molecule has 0 saturated carbocycles. The second-order valence-corrected chi connectivity index (χ2v) is 5.84. The Morgan fingerprint density at radius 1 is 1.16 bits per heavy atom. The van der Waals surface area contributed by atoms with Crippen LogP contribution in [0.2, 0.25) is 0 Å². The molecule has 0 bridgehead atoms. The van der Waals surface area contributed by atoms with Crippen molar-refractivity contribution in [1.82, 2.24) is 4.98 Å². The molecule has 3 heteroatoms. The fourth-order valence-electron chi connectivity index (χ4n) is 2.21. The molecule has 1 heterocycles. The molecule has 3 aromatic rings. The number of H-pyrrole nitrogens is 1. The molecule has 19 heavy (non-hydrogen) atoms. The second-order valence-electron chi connectivity index (χ2n) is 4.59. The van der Waals surface area contributed by atoms with Gasteiger partial charge in [-0.25, -0.2) is 0 Å². The monoisotopic (exact) mass is 361 g/mol. The molecule has 2 aromatic carbocycles. The van der Waals surface area contributed by atoms with Crippen LogP contribution in [-0.4, -0.2) is 10.8 Å². The van der Waals surface area contributed by atoms with E-state index in [0.717, 1.165) is 31.2 Å². The van der Waals surface area contributed by atoms with Crippen LogP contribution in [0, 0.1) is 10.5 Å². The van der Waals surface area contributed by atoms with E-state index in [-0.39, 0.29) is 5.78 Å². The summed E-state index contributed by atoms with van der Waals surface area (Å²) in [5.41, 5.74) is 3.62. The molecule has 0 aliphatic rings. The minimum absolute atomic E-state index is 0.0652. The van der Waals surface area contributed by atoms with Crippen LogP contribution in [0.4, 0.5) is 0 Å². The summed E-state index contributed by atoms with van der Waals surface area (Å²) in [5, 5.41) is 0.990. The van der Waals surface area contributed by atoms with Gasteiger partial charge in [-0.3, -0.25) is 4.79 Å². The summed E-state index contributed by atoms with van der Waals surface area (Å²) in [4.78, 5) is 15.7. The Bertz CT molecular complexity index is 773. The summed E-state index contributed by atoms with van der Waals surface area (Å²) >= 11 is 2.22. The van der Waals surface area contributed by atoms with Gasteiger partial charge in [0.2, 0.25) is 0 Å². The number of fused-ring (bicyclic) bond motifs is 1. The summed E-state index contributed by atoms with van der Waals surface area (Å²) in [5.74, 6) is 0.0652. The van der Waals surface area contributed by atoms with E-state index < -0.39 is 0 Å². The Balaban J connectivity index is 2.14. The summed E-state index contributed by atoms with van der Waals surface area (Å²) < 4.78 is 1.07. The highest BCUT2D eigenvalue weighted by Crippen LogP contribution is 2.23. The summed E-state index contributed by atoms with van der Waals surface area (Å²) in [6, 6.07) is 13.8. The van der Waals surface area contributed by atoms with Gasteiger partial charge in [0.25, 0.3) is 0 Å². The maximum atomic E-state index is 12.6. The number of aryl methyl sites for hydroxylation is 1. The van der Waals surface area contributed by atoms with E-state index in [2.05, 4.69) is 27.6 Å². The lowest BCUT2D eigenvalue weighted by Gasteiger charge is -2.01. The lowest BCUT2D eigenvalue weighted by atomic mass is 10.0. The van der Waals surface area contributed by atoms with Gasteiger partial charge in [0.15, 0.2) is 5.78 Å². The van der Waals surface area contributed by atoms with Gasteiger partial charge in [0.1, 0.15) is 0 Å². The van der Waals surface area contributed by atoms with Crippen LogP contribution < -0.4 is 0 Å². The third-order valence-corrected chi connectivity index (χ3v) is 3.84. The standard InChI is InChI=1S/C16H12INO/c1-10-5-6-15-13(7-10)14(9-18-15)16(19)11-3-2-4-12(17)8-11/h2-9,18H,1H3. The number of halogens is 1. The molecular weight excluding hydrogens is 349 g/mol. The number of carbonyl (C=O) groups is 1. The zero-order valence-electron chi connectivity index (χ0n) is 10.4. The quantitative estimate of drug-likeness (QED) is 0.536. The Hall–Kier alpha value is -1.62. The van der Waals surface area contributed by atoms with Crippen LogP contribution in [0.15, 0.2) is 48.7 Å². The molecule has 1 N–H and O–H groups in total. The third kappa shape index (κ3) is 2.30. The molecular formula is C16H12INO. The maximum Gasteiger partial charge on any atom is 0.195 e. The van der Waals surface area contributed by atoms with Crippen LogP contribution in [-0.2, 0) is 0 Å². The summed E-state index contributed by atoms with van der Waals surface area (Å²) in [6.45, 7) is 2.03. The summed E-state index contributed by atoms with van der Waals surface area (Å²) in [6.07, 6.45) is 1.80. The van der Waals surface area contributed by atoms with E-state index in [9.17, 15) is 4.79 Å². The Labute approximate surface area is 125 Å². The highest BCUT2D eigenvalue weighted by Gasteiger charge is 2.14. The van der Waals surface area contributed by atoms with Crippen LogP contribution in [0.1, 0.15) is 21.5 Å². The molecule has 0 aliphatic carbocycles. The van der Waals surface area contributed by atoms with Gasteiger partial charge in [-0.15, -0.1) is 0 Å². The third-order valence-electron chi connectivity index (χ3n) is 3.17. The largest absolute Gasteiger partial charge is 0.360 e. The number of nitrogens with one attached hydrogen (secondary N) is 1. The molecule has 94 valence electrons. The van der Waals surface area contributed by atoms with E-state index in [4.69, 9.17) is 0 Å². The lowest BCUT2D eigenvalue weighted by Crippen LogP contribution is -2.00. The van der Waals surface area contributed by atoms with Gasteiger partial charge in [-0.1, -0.05) is 23.8 Å². The Morgan fingerprint density at radius 2 is 2.00 bits per heavy atom. The van der Waals surface area contributed by atoms with E-state index in [1.165, 1.54) is 0 Å². The SMILES string of the molecule is Cc1ccc2[nH]cc(C(=O)c3cccc(I)c3)c2c1. The van der Waals surface area contributed by atoms with Gasteiger partial charge < -0.3 is 4.98 Å². The second kappa shape index (κ2) is 4.81. The first-order chi connectivity index (χ1) is 9.15. The zero-order valence-corrected chi connectivity index (χ0v) is 12.6. The summed E-state index contributed by atoms with van der Waals surface area (Å²) in [7, 11) is 0. The van der Waals surface area contributed by atoms with Crippen molar-refractivity contribution >= 4 is 39.3 Å². The van der Waals surface area contributed by atoms with E-state index in [1.54, 1.807) is 6.20 Å². The molecule has 3 rings (SSSR count). The molecule has 0 fully saturated rings. The predicted octanol–water partition coefficient (Wildman–Crippen LogP) is 4.31. The number of hydrogen-bond donors (Lipinski definition) is 1. The average Bonchev–Trinajstić information content (AvgIpc) is 2.80. The van der Waals surface area contributed by atoms with E-state index in [1.807, 2.05) is 49.4 Å². The van der Waals surface area contributed by atoms with Crippen molar-refractivity contribution in [2.24, 2.45) is 0 Å². The first-order valence-electron chi connectivity index (χ1n) is 6.03. The van der Waals surface area contributed by atoms with Gasteiger partial charge in [-0.05, 0) is 53.8 Å². The molecule has 0 atom stereocenters. The lowest BCUT2D eigenvalue weighted by molar-refractivity contribution is 0.104. The first kappa shape index (κ1) is 12.4. The topological polar surface area (TPSA) is 32.9 Å². The molecule has 0 saturated heterocycles. The average molecular weight is 361 g/mol. The van der Waals surface area contributed by atoms with Gasteiger partial charge in [-0.2, -0.15) is 0 Å². The highest BCUT2D eigenvalue weighted by atomic mass is 127. The minimum atomic E-state index is 0.0652. The van der Waals surface area contributed by atoms with Crippen molar-refractivity contribution in [2.75, 3.05) is 0 Å². The molecule has 2 nitrogen and oxygen atoms in total. The number of carbonyl (C=O) groups excluding carboxylic acids is 1. The van der Waals surface area contributed by atoms with Gasteiger partial charge in [0.05, 0.1) is 0 Å². The molecule has 0 aliphatic heterocycles. The number of aromatic nitrogens is 1. The van der Waals surface area contributed by atoms with Crippen LogP contribution >= 0.6 is 22.6 Å². The van der Waals surface area contributed by atoms with Crippen LogP contribution in [0.5, 0.6) is 0 Å². The molecule has 0 amide bonds. The van der Waals surface area contributed by atoms with Crippen molar-refractivity contribution in [3.63, 3.8) is 0 Å². The number of aromatic amines is 1. The normalized spacial score (nSPS) is 10.8. The minimum Gasteiger partial charge on any atom is -0.360 e. The zero-order chi connectivity index (χ0) is 13.4. The molecule has 0 radical (unpaired) electrons. The van der Waals surface area contributed by atoms with Crippen molar-refractivity contribution in [1.29, 1.82) is 0 Å². The first-order valence-corrected chi connectivity index (χ1v) is 7.11. The smallest absolute Gasteiger partial charge is 0.195 e. The number of ketones is 1. The molecule has 0 spiro atoms. The Kier molecular flexibility index (Phi) is 3.14. The highest BCUT2D eigenvalue weighted by molar-refractivity contribution is 14.1. The fourth-order valence-corrected chi connectivity index (χ4v) is 2.75. The number of benzene rings is 2. The molecule has 0 unspecified atom stereocenters. The van der Waals surface area contributed by atoms with Crippen molar-refractivity contribution in [3.8, 4) is 0 Å². The van der Waals surface area contributed by atoms with E-state index >= 15 is 0 Å². The van der Waals surface area contributed by atoms with Crippen molar-refractivity contribution in [3.05, 3.63) is 68.9 Å². The molecule has 1 aromatic heterocycles. The van der Waals surface area contributed by atoms with E-state index in [0.29, 0.717) is 0 Å². The van der Waals surface area contributed by atoms with Gasteiger partial charge >= 0.3 is 0 Å². The number of rotatable bonds is 2. The fraction of sp³-hybridized carbons (Fsp3) is 0.0625. The number of hydrogen-bond acceptors (Lipinski definition) is 1.